The van der Waals surface area contributed by atoms with Crippen LogP contribution in [-0.4, -0.2) is 0 Å². The molecule has 5 heteroatoms. The van der Waals surface area contributed by atoms with Gasteiger partial charge < -0.3 is 2.85 Å². The van der Waals surface area contributed by atoms with Gasteiger partial charge in [-0.1, -0.05) is 0 Å². The molecule has 32 valence electrons. The van der Waals surface area contributed by atoms with Gasteiger partial charge in [0.05, 0.1) is 0 Å². The Balaban J connectivity index is -0.000000000500. The Labute approximate surface area is 106 Å². The van der Waals surface area contributed by atoms with E-state index in [4.69, 9.17) is 3.25 Å². The van der Waals surface area contributed by atoms with E-state index in [1.807, 2.05) is 0 Å². The summed E-state index contributed by atoms with van der Waals surface area (Å²) in [5, 5.41) is 0. The van der Waals surface area contributed by atoms with Gasteiger partial charge in [-0.25, -0.2) is 0 Å². The Morgan fingerprint density at radius 3 is 1.20 bits per heavy atom. The first kappa shape index (κ1) is 24.0. The SMILES string of the molecule is [Ag].[H-].[H-].[Na+].[Na+].[O]=[Ag]. The van der Waals surface area contributed by atoms with Gasteiger partial charge in [-0.15, -0.1) is 0 Å². The zero-order chi connectivity index (χ0) is 2.00. The topological polar surface area (TPSA) is 17.1 Å². The minimum absolute atomic E-state index is 0. The van der Waals surface area contributed by atoms with Crippen LogP contribution in [-0.2, 0) is 46.7 Å². The van der Waals surface area contributed by atoms with Crippen molar-refractivity contribution in [3.63, 3.8) is 0 Å². The fourth-order valence-electron chi connectivity index (χ4n) is 0. The average molecular weight is 280 g/mol. The molecule has 0 N–H and O–H groups in total. The maximum absolute atomic E-state index is 8.06. The van der Waals surface area contributed by atoms with Crippen LogP contribution in [0.3, 0.4) is 0 Å². The molecule has 0 aromatic rings. The van der Waals surface area contributed by atoms with Crippen LogP contribution in [0.5, 0.6) is 0 Å². The first-order valence-corrected chi connectivity index (χ1v) is 0.728. The van der Waals surface area contributed by atoms with Gasteiger partial charge in [-0.3, -0.25) is 0 Å². The Hall–Kier alpha value is 3.28. The van der Waals surface area contributed by atoms with E-state index in [-0.39, 0.29) is 84.3 Å². The van der Waals surface area contributed by atoms with Crippen molar-refractivity contribution < 1.29 is 109 Å². The van der Waals surface area contributed by atoms with Crippen LogP contribution in [0.1, 0.15) is 2.85 Å². The molecule has 0 aromatic heterocycles. The van der Waals surface area contributed by atoms with E-state index in [0.29, 0.717) is 0 Å². The molecule has 0 fully saturated rings. The molecule has 1 radical (unpaired) electrons. The van der Waals surface area contributed by atoms with Gasteiger partial charge in [-0.2, -0.15) is 0 Å². The van der Waals surface area contributed by atoms with Crippen molar-refractivity contribution >= 4 is 0 Å². The number of hydrogen-bond donors (Lipinski definition) is 0. The standard InChI is InChI=1S/2Ag.2Na.O.2H/q;;2*+1;;2*-1. The maximum atomic E-state index is 8.06. The Bertz CT molecular complexity index is 13.7. The average Bonchev–Trinajstić information content (AvgIpc) is 1.00. The first-order valence-electron chi connectivity index (χ1n) is 0.123. The molecular weight excluding hydrogens is 278 g/mol. The summed E-state index contributed by atoms with van der Waals surface area (Å²) in [5.74, 6) is 0. The minimum atomic E-state index is 0. The van der Waals surface area contributed by atoms with E-state index in [1.54, 1.807) is 21.0 Å². The predicted octanol–water partition coefficient (Wildman–Crippen LogP) is -5.89. The molecule has 0 saturated carbocycles. The Morgan fingerprint density at radius 2 is 1.20 bits per heavy atom. The molecule has 0 heterocycles. The monoisotopic (exact) mass is 278 g/mol. The molecule has 0 aliphatic carbocycles. The molecule has 5 heavy (non-hydrogen) atoms. The van der Waals surface area contributed by atoms with Crippen LogP contribution >= 0.6 is 0 Å². The molecular formula is H2Ag2Na2O. The summed E-state index contributed by atoms with van der Waals surface area (Å²) in [7, 11) is 0. The van der Waals surface area contributed by atoms with Crippen molar-refractivity contribution in [2.24, 2.45) is 0 Å². The van der Waals surface area contributed by atoms with E-state index in [0.717, 1.165) is 0 Å². The molecule has 0 saturated heterocycles. The van der Waals surface area contributed by atoms with Crippen LogP contribution in [0.15, 0.2) is 0 Å². The van der Waals surface area contributed by atoms with Crippen molar-refractivity contribution in [2.45, 2.75) is 0 Å². The van der Waals surface area contributed by atoms with Crippen LogP contribution in [0, 0.1) is 0 Å². The Morgan fingerprint density at radius 1 is 1.20 bits per heavy atom. The molecule has 0 amide bonds. The molecule has 1 nitrogen and oxygen atoms in total. The van der Waals surface area contributed by atoms with Crippen LogP contribution in [0.2, 0.25) is 0 Å². The third-order valence-corrected chi connectivity index (χ3v) is 0. The van der Waals surface area contributed by atoms with Gasteiger partial charge in [0.15, 0.2) is 0 Å². The molecule has 0 rings (SSSR count). The van der Waals surface area contributed by atoms with E-state index in [9.17, 15) is 0 Å². The van der Waals surface area contributed by atoms with E-state index in [1.165, 1.54) is 0 Å². The summed E-state index contributed by atoms with van der Waals surface area (Å²) in [4.78, 5) is 0. The van der Waals surface area contributed by atoms with E-state index in [2.05, 4.69) is 0 Å². The zero-order valence-electron chi connectivity index (χ0n) is 5.01. The number of rotatable bonds is 0. The Kier molecular flexibility index (Phi) is 128. The van der Waals surface area contributed by atoms with Gasteiger partial charge >= 0.3 is 83.4 Å². The van der Waals surface area contributed by atoms with Gasteiger partial charge in [0.2, 0.25) is 0 Å². The summed E-state index contributed by atoms with van der Waals surface area (Å²) in [6, 6.07) is 0. The van der Waals surface area contributed by atoms with Crippen LogP contribution in [0.4, 0.5) is 0 Å². The van der Waals surface area contributed by atoms with Gasteiger partial charge in [0.25, 0.3) is 0 Å². The van der Waals surface area contributed by atoms with Crippen molar-refractivity contribution in [3.8, 4) is 0 Å². The van der Waals surface area contributed by atoms with Crippen molar-refractivity contribution in [1.82, 2.24) is 0 Å². The van der Waals surface area contributed by atoms with Crippen LogP contribution in [0.25, 0.3) is 0 Å². The molecule has 0 aliphatic rings. The van der Waals surface area contributed by atoms with Crippen molar-refractivity contribution in [2.75, 3.05) is 0 Å². The third-order valence-electron chi connectivity index (χ3n) is 0. The normalized spacial score (nSPS) is 1.20. The molecule has 0 aromatic carbocycles. The van der Waals surface area contributed by atoms with Crippen molar-refractivity contribution in [1.29, 1.82) is 0 Å². The summed E-state index contributed by atoms with van der Waals surface area (Å²) < 4.78 is 8.06. The summed E-state index contributed by atoms with van der Waals surface area (Å²) in [5.41, 5.74) is 0. The number of hydrogen-bond acceptors (Lipinski definition) is 1. The molecule has 0 bridgehead atoms. The van der Waals surface area contributed by atoms with Crippen LogP contribution < -0.4 is 59.1 Å². The summed E-state index contributed by atoms with van der Waals surface area (Å²) >= 11 is 1.70. The van der Waals surface area contributed by atoms with E-state index >= 15 is 0 Å². The second kappa shape index (κ2) is 26.7. The molecule has 0 unspecified atom stereocenters. The van der Waals surface area contributed by atoms with Crippen molar-refractivity contribution in [3.05, 3.63) is 0 Å². The van der Waals surface area contributed by atoms with Gasteiger partial charge in [0.1, 0.15) is 0 Å². The van der Waals surface area contributed by atoms with E-state index < -0.39 is 0 Å². The zero-order valence-corrected chi connectivity index (χ0v) is 9.98. The second-order valence-electron chi connectivity index (χ2n) is 0. The molecule has 0 spiro atoms. The van der Waals surface area contributed by atoms with Gasteiger partial charge in [-0.05, 0) is 0 Å². The second-order valence-corrected chi connectivity index (χ2v) is 0. The summed E-state index contributed by atoms with van der Waals surface area (Å²) in [6.07, 6.45) is 0. The fraction of sp³-hybridized carbons (Fsp3) is 0. The third kappa shape index (κ3) is 18.9. The predicted molar refractivity (Wildman–Crippen MR) is 2.91 cm³/mol. The fourth-order valence-corrected chi connectivity index (χ4v) is 0. The molecule has 0 aliphatic heterocycles. The first-order chi connectivity index (χ1) is 1.00. The summed E-state index contributed by atoms with van der Waals surface area (Å²) in [6.45, 7) is 0. The molecule has 0 atom stereocenters. The quantitative estimate of drug-likeness (QED) is 0.404. The van der Waals surface area contributed by atoms with Gasteiger partial charge in [0, 0.05) is 22.4 Å².